The lowest BCUT2D eigenvalue weighted by atomic mass is 9.78. The number of hydrogen-bond acceptors (Lipinski definition) is 0. The molecule has 0 spiro atoms. The summed E-state index contributed by atoms with van der Waals surface area (Å²) in [5, 5.41) is 0. The van der Waals surface area contributed by atoms with Crippen molar-refractivity contribution in [3.63, 3.8) is 0 Å². The molecule has 0 radical (unpaired) electrons. The van der Waals surface area contributed by atoms with Crippen LogP contribution >= 0.6 is 0 Å². The molecular formula is C27H38. The van der Waals surface area contributed by atoms with Crippen LogP contribution in [-0.4, -0.2) is 0 Å². The zero-order valence-corrected chi connectivity index (χ0v) is 18.5. The molecule has 0 heteroatoms. The average molecular weight is 363 g/mol. The molecule has 0 N–H and O–H groups in total. The third kappa shape index (κ3) is 6.24. The molecule has 0 fully saturated rings. The van der Waals surface area contributed by atoms with Crippen LogP contribution in [-0.2, 0) is 6.42 Å². The first-order valence-corrected chi connectivity index (χ1v) is 10.1. The van der Waals surface area contributed by atoms with Crippen molar-refractivity contribution in [1.82, 2.24) is 0 Å². The molecule has 2 unspecified atom stereocenters. The van der Waals surface area contributed by atoms with E-state index >= 15 is 0 Å². The van der Waals surface area contributed by atoms with Gasteiger partial charge < -0.3 is 0 Å². The Labute approximate surface area is 168 Å². The number of allylic oxidation sites excluding steroid dienone is 8. The van der Waals surface area contributed by atoms with E-state index in [4.69, 9.17) is 0 Å². The maximum absolute atomic E-state index is 4.15. The second kappa shape index (κ2) is 10.9. The first-order chi connectivity index (χ1) is 12.8. The highest BCUT2D eigenvalue weighted by molar-refractivity contribution is 5.52. The molecule has 27 heavy (non-hydrogen) atoms. The van der Waals surface area contributed by atoms with Crippen LogP contribution in [0.4, 0.5) is 0 Å². The van der Waals surface area contributed by atoms with E-state index in [9.17, 15) is 0 Å². The van der Waals surface area contributed by atoms with Gasteiger partial charge in [-0.2, -0.15) is 0 Å². The van der Waals surface area contributed by atoms with Gasteiger partial charge in [0.2, 0.25) is 0 Å². The van der Waals surface area contributed by atoms with Crippen LogP contribution < -0.4 is 0 Å². The van der Waals surface area contributed by atoms with Gasteiger partial charge in [0, 0.05) is 0 Å². The summed E-state index contributed by atoms with van der Waals surface area (Å²) < 4.78 is 0. The zero-order chi connectivity index (χ0) is 20.6. The topological polar surface area (TPSA) is 0 Å². The first-order valence-electron chi connectivity index (χ1n) is 10.1. The zero-order valence-electron chi connectivity index (χ0n) is 18.5. The third-order valence-electron chi connectivity index (χ3n) is 5.72. The third-order valence-corrected chi connectivity index (χ3v) is 5.72. The Balaban J connectivity index is 3.37. The molecule has 0 heterocycles. The van der Waals surface area contributed by atoms with E-state index < -0.39 is 0 Å². The van der Waals surface area contributed by atoms with Crippen molar-refractivity contribution in [3.8, 4) is 0 Å². The van der Waals surface area contributed by atoms with E-state index in [2.05, 4.69) is 98.1 Å². The quantitative estimate of drug-likeness (QED) is 0.389. The Kier molecular flexibility index (Phi) is 9.29. The molecule has 0 aromatic heterocycles. The fraction of sp³-hybridized carbons (Fsp3) is 0.407. The molecule has 0 nitrogen and oxygen atoms in total. The molecule has 0 aliphatic carbocycles. The number of rotatable bonds is 9. The predicted octanol–water partition coefficient (Wildman–Crippen LogP) is 8.09. The Bertz CT molecular complexity index is 732. The Hall–Kier alpha value is -2.08. The van der Waals surface area contributed by atoms with Crippen molar-refractivity contribution >= 4 is 0 Å². The summed E-state index contributed by atoms with van der Waals surface area (Å²) in [6, 6.07) is 6.62. The molecule has 1 aromatic carbocycles. The van der Waals surface area contributed by atoms with Crippen LogP contribution in [0.2, 0.25) is 0 Å². The summed E-state index contributed by atoms with van der Waals surface area (Å²) in [6.45, 7) is 23.6. The number of benzene rings is 1. The molecule has 0 saturated carbocycles. The Morgan fingerprint density at radius 2 is 1.74 bits per heavy atom. The largest absolute Gasteiger partial charge is 0.0990 e. The van der Waals surface area contributed by atoms with E-state index in [1.54, 1.807) is 0 Å². The molecule has 0 amide bonds. The van der Waals surface area contributed by atoms with Crippen LogP contribution in [0.15, 0.2) is 78.0 Å². The van der Waals surface area contributed by atoms with E-state index in [1.165, 1.54) is 39.8 Å². The SMILES string of the molecule is C=C/C=C(/C=C(\C)C(Cc1c(C)cccc1C)C(C)CC)C(=C/C)\C(=C)C. The first kappa shape index (κ1) is 23.0. The van der Waals surface area contributed by atoms with Gasteiger partial charge in [-0.3, -0.25) is 0 Å². The Morgan fingerprint density at radius 1 is 1.15 bits per heavy atom. The normalized spacial score (nSPS) is 15.4. The lowest BCUT2D eigenvalue weighted by molar-refractivity contribution is 0.394. The predicted molar refractivity (Wildman–Crippen MR) is 123 cm³/mol. The van der Waals surface area contributed by atoms with Gasteiger partial charge >= 0.3 is 0 Å². The molecule has 0 aliphatic heterocycles. The van der Waals surface area contributed by atoms with Gasteiger partial charge in [-0.1, -0.05) is 87.1 Å². The fourth-order valence-electron chi connectivity index (χ4n) is 3.84. The number of hydrogen-bond donors (Lipinski definition) is 0. The second-order valence-electron chi connectivity index (χ2n) is 7.80. The lowest BCUT2D eigenvalue weighted by Gasteiger charge is -2.26. The smallest absolute Gasteiger partial charge is 0.0136 e. The van der Waals surface area contributed by atoms with Crippen LogP contribution in [0.3, 0.4) is 0 Å². The molecule has 1 aromatic rings. The van der Waals surface area contributed by atoms with Crippen molar-refractivity contribution < 1.29 is 0 Å². The average Bonchev–Trinajstić information content (AvgIpc) is 2.61. The van der Waals surface area contributed by atoms with Crippen molar-refractivity contribution in [2.45, 2.75) is 61.3 Å². The van der Waals surface area contributed by atoms with Gasteiger partial charge in [0.1, 0.15) is 0 Å². The maximum atomic E-state index is 4.15. The van der Waals surface area contributed by atoms with Crippen molar-refractivity contribution in [2.75, 3.05) is 0 Å². The van der Waals surface area contributed by atoms with E-state index in [-0.39, 0.29) is 0 Å². The highest BCUT2D eigenvalue weighted by Crippen LogP contribution is 2.32. The van der Waals surface area contributed by atoms with Gasteiger partial charge in [0.05, 0.1) is 0 Å². The van der Waals surface area contributed by atoms with Crippen molar-refractivity contribution in [1.29, 1.82) is 0 Å². The minimum Gasteiger partial charge on any atom is -0.0990 e. The molecule has 0 aliphatic rings. The summed E-state index contributed by atoms with van der Waals surface area (Å²) in [7, 11) is 0. The van der Waals surface area contributed by atoms with Crippen LogP contribution in [0.25, 0.3) is 0 Å². The minimum atomic E-state index is 0.520. The van der Waals surface area contributed by atoms with E-state index in [0.29, 0.717) is 11.8 Å². The van der Waals surface area contributed by atoms with Crippen LogP contribution in [0.1, 0.15) is 57.7 Å². The van der Waals surface area contributed by atoms with Gasteiger partial charge in [-0.05, 0) is 80.7 Å². The van der Waals surface area contributed by atoms with Gasteiger partial charge in [-0.15, -0.1) is 0 Å². The summed E-state index contributed by atoms with van der Waals surface area (Å²) in [5.74, 6) is 1.15. The lowest BCUT2D eigenvalue weighted by Crippen LogP contribution is -2.17. The molecule has 146 valence electrons. The molecule has 2 atom stereocenters. The second-order valence-corrected chi connectivity index (χ2v) is 7.80. The summed E-state index contributed by atoms with van der Waals surface area (Å²) in [6.07, 6.45) is 10.7. The highest BCUT2D eigenvalue weighted by Gasteiger charge is 2.20. The monoisotopic (exact) mass is 362 g/mol. The van der Waals surface area contributed by atoms with E-state index in [0.717, 1.165) is 12.0 Å². The van der Waals surface area contributed by atoms with Gasteiger partial charge in [0.15, 0.2) is 0 Å². The molecular weight excluding hydrogens is 324 g/mol. The van der Waals surface area contributed by atoms with Gasteiger partial charge in [0.25, 0.3) is 0 Å². The summed E-state index contributed by atoms with van der Waals surface area (Å²) in [4.78, 5) is 0. The Morgan fingerprint density at radius 3 is 2.19 bits per heavy atom. The standard InChI is InChI=1S/C27H38/c1-10-14-24(25(12-3)19(4)5)17-23(9)26(20(6)11-2)18-27-21(7)15-13-16-22(27)8/h10,12-17,20,26H,1,4,11,18H2,2-3,5-9H3/b23-17+,24-14-,25-12-. The molecule has 0 bridgehead atoms. The van der Waals surface area contributed by atoms with Crippen molar-refractivity contribution in [3.05, 3.63) is 94.6 Å². The molecule has 0 saturated heterocycles. The molecule has 1 rings (SSSR count). The number of aryl methyl sites for hydroxylation is 2. The van der Waals surface area contributed by atoms with Crippen LogP contribution in [0.5, 0.6) is 0 Å². The minimum absolute atomic E-state index is 0.520. The summed E-state index contributed by atoms with van der Waals surface area (Å²) >= 11 is 0. The summed E-state index contributed by atoms with van der Waals surface area (Å²) in [5.41, 5.74) is 9.21. The van der Waals surface area contributed by atoms with Crippen LogP contribution in [0, 0.1) is 25.7 Å². The highest BCUT2D eigenvalue weighted by atomic mass is 14.3. The van der Waals surface area contributed by atoms with Crippen molar-refractivity contribution in [2.24, 2.45) is 11.8 Å². The maximum Gasteiger partial charge on any atom is -0.0136 e. The van der Waals surface area contributed by atoms with Gasteiger partial charge in [-0.25, -0.2) is 0 Å². The fourth-order valence-corrected chi connectivity index (χ4v) is 3.84. The van der Waals surface area contributed by atoms with E-state index in [1.807, 2.05) is 6.08 Å².